The minimum absolute atomic E-state index is 0.0190. The molecule has 4 heteroatoms. The van der Waals surface area contributed by atoms with Crippen molar-refractivity contribution in [1.29, 1.82) is 5.26 Å². The van der Waals surface area contributed by atoms with Gasteiger partial charge in [0.1, 0.15) is 0 Å². The van der Waals surface area contributed by atoms with Crippen molar-refractivity contribution >= 4 is 11.6 Å². The van der Waals surface area contributed by atoms with Crippen molar-refractivity contribution in [3.63, 3.8) is 0 Å². The zero-order valence-electron chi connectivity index (χ0n) is 10.5. The van der Waals surface area contributed by atoms with Gasteiger partial charge in [-0.05, 0) is 37.5 Å². The Morgan fingerprint density at radius 1 is 1.56 bits per heavy atom. The van der Waals surface area contributed by atoms with Crippen LogP contribution in [0.2, 0.25) is 0 Å². The van der Waals surface area contributed by atoms with Crippen LogP contribution in [0.15, 0.2) is 18.2 Å². The summed E-state index contributed by atoms with van der Waals surface area (Å²) in [4.78, 5) is 12.2. The lowest BCUT2D eigenvalue weighted by molar-refractivity contribution is -0.129. The van der Waals surface area contributed by atoms with E-state index in [1.807, 2.05) is 13.0 Å². The van der Waals surface area contributed by atoms with Crippen LogP contribution in [0, 0.1) is 23.7 Å². The van der Waals surface area contributed by atoms with Gasteiger partial charge >= 0.3 is 0 Å². The number of aryl methyl sites for hydroxylation is 1. The molecule has 0 aromatic heterocycles. The van der Waals surface area contributed by atoms with E-state index in [2.05, 4.69) is 11.4 Å². The predicted molar refractivity (Wildman–Crippen MR) is 69.9 cm³/mol. The van der Waals surface area contributed by atoms with Gasteiger partial charge in [-0.3, -0.25) is 4.79 Å². The number of benzene rings is 1. The molecule has 1 fully saturated rings. The first-order valence-corrected chi connectivity index (χ1v) is 6.13. The van der Waals surface area contributed by atoms with E-state index in [0.717, 1.165) is 24.8 Å². The van der Waals surface area contributed by atoms with Crippen LogP contribution in [0.1, 0.15) is 30.4 Å². The third-order valence-corrected chi connectivity index (χ3v) is 3.80. The van der Waals surface area contributed by atoms with E-state index in [4.69, 9.17) is 11.0 Å². The van der Waals surface area contributed by atoms with E-state index in [1.165, 1.54) is 0 Å². The Morgan fingerprint density at radius 2 is 2.28 bits per heavy atom. The number of carbonyl (C=O) groups excluding carboxylic acids is 1. The normalized spacial score (nSPS) is 16.5. The number of anilines is 1. The van der Waals surface area contributed by atoms with Crippen LogP contribution < -0.4 is 11.1 Å². The summed E-state index contributed by atoms with van der Waals surface area (Å²) >= 11 is 0. The van der Waals surface area contributed by atoms with Crippen LogP contribution in [-0.2, 0) is 4.79 Å². The Kier molecular flexibility index (Phi) is 3.35. The predicted octanol–water partition coefficient (Wildman–Crippen LogP) is 1.93. The Morgan fingerprint density at radius 3 is 2.78 bits per heavy atom. The number of nitriles is 1. The summed E-state index contributed by atoms with van der Waals surface area (Å²) in [6.07, 6.45) is 2.76. The van der Waals surface area contributed by atoms with Crippen molar-refractivity contribution in [3.8, 4) is 6.07 Å². The van der Waals surface area contributed by atoms with Crippen molar-refractivity contribution < 1.29 is 4.79 Å². The highest BCUT2D eigenvalue weighted by atomic mass is 16.2. The number of nitrogens with zero attached hydrogens (tertiary/aromatic N) is 1. The third kappa shape index (κ3) is 2.09. The third-order valence-electron chi connectivity index (χ3n) is 3.80. The number of nitrogens with one attached hydrogen (secondary N) is 1. The maximum Gasteiger partial charge on any atom is 0.231 e. The Balaban J connectivity index is 2.19. The summed E-state index contributed by atoms with van der Waals surface area (Å²) < 4.78 is 0. The van der Waals surface area contributed by atoms with Crippen LogP contribution in [0.5, 0.6) is 0 Å². The summed E-state index contributed by atoms with van der Waals surface area (Å²) in [6, 6.07) is 7.36. The molecule has 2 rings (SSSR count). The number of rotatable bonds is 3. The number of nitrogens with two attached hydrogens (primary N) is 1. The number of carbonyl (C=O) groups is 1. The molecule has 1 aromatic rings. The lowest BCUT2D eigenvalue weighted by Gasteiger charge is -2.39. The fourth-order valence-corrected chi connectivity index (χ4v) is 2.21. The SMILES string of the molecule is Cc1ccc(C#N)cc1NC(=O)C1(CN)CCC1. The second-order valence-electron chi connectivity index (χ2n) is 4.93. The molecule has 1 aliphatic carbocycles. The second-order valence-corrected chi connectivity index (χ2v) is 4.93. The molecule has 1 aromatic carbocycles. The maximum atomic E-state index is 12.2. The highest BCUT2D eigenvalue weighted by molar-refractivity contribution is 5.96. The Bertz CT molecular complexity index is 507. The molecule has 1 aliphatic rings. The van der Waals surface area contributed by atoms with E-state index in [0.29, 0.717) is 17.8 Å². The van der Waals surface area contributed by atoms with Crippen LogP contribution in [0.3, 0.4) is 0 Å². The number of amides is 1. The van der Waals surface area contributed by atoms with Crippen molar-refractivity contribution in [1.82, 2.24) is 0 Å². The van der Waals surface area contributed by atoms with E-state index in [9.17, 15) is 4.79 Å². The Hall–Kier alpha value is -1.86. The first-order chi connectivity index (χ1) is 8.61. The highest BCUT2D eigenvalue weighted by Crippen LogP contribution is 2.41. The van der Waals surface area contributed by atoms with Crippen molar-refractivity contribution in [2.75, 3.05) is 11.9 Å². The van der Waals surface area contributed by atoms with Crippen LogP contribution in [0.25, 0.3) is 0 Å². The average Bonchev–Trinajstić information content (AvgIpc) is 2.31. The molecule has 0 saturated heterocycles. The first kappa shape index (κ1) is 12.6. The van der Waals surface area contributed by atoms with Gasteiger partial charge in [0.2, 0.25) is 5.91 Å². The molecule has 1 saturated carbocycles. The number of hydrogen-bond acceptors (Lipinski definition) is 3. The molecule has 0 spiro atoms. The van der Waals surface area contributed by atoms with Crippen LogP contribution >= 0.6 is 0 Å². The van der Waals surface area contributed by atoms with Crippen LogP contribution in [0.4, 0.5) is 5.69 Å². The second kappa shape index (κ2) is 4.79. The molecule has 0 unspecified atom stereocenters. The van der Waals surface area contributed by atoms with Gasteiger partial charge in [-0.15, -0.1) is 0 Å². The van der Waals surface area contributed by atoms with Crippen LogP contribution in [-0.4, -0.2) is 12.5 Å². The van der Waals surface area contributed by atoms with Gasteiger partial charge in [0.05, 0.1) is 17.0 Å². The van der Waals surface area contributed by atoms with Gasteiger partial charge in [0, 0.05) is 12.2 Å². The molecule has 4 nitrogen and oxygen atoms in total. The maximum absolute atomic E-state index is 12.2. The molecule has 0 radical (unpaired) electrons. The van der Waals surface area contributed by atoms with E-state index >= 15 is 0 Å². The van der Waals surface area contributed by atoms with Gasteiger partial charge in [-0.25, -0.2) is 0 Å². The average molecular weight is 243 g/mol. The van der Waals surface area contributed by atoms with Gasteiger partial charge in [0.15, 0.2) is 0 Å². The summed E-state index contributed by atoms with van der Waals surface area (Å²) in [5.74, 6) is -0.0190. The smallest absolute Gasteiger partial charge is 0.231 e. The molecule has 0 bridgehead atoms. The largest absolute Gasteiger partial charge is 0.329 e. The Labute approximate surface area is 107 Å². The van der Waals surface area contributed by atoms with Gasteiger partial charge in [0.25, 0.3) is 0 Å². The molecule has 0 atom stereocenters. The van der Waals surface area contributed by atoms with E-state index in [-0.39, 0.29) is 5.91 Å². The topological polar surface area (TPSA) is 78.9 Å². The van der Waals surface area contributed by atoms with Gasteiger partial charge in [-0.2, -0.15) is 5.26 Å². The fraction of sp³-hybridized carbons (Fsp3) is 0.429. The quantitative estimate of drug-likeness (QED) is 0.851. The molecule has 0 heterocycles. The molecular formula is C14H17N3O. The zero-order valence-corrected chi connectivity index (χ0v) is 10.5. The van der Waals surface area contributed by atoms with E-state index in [1.54, 1.807) is 12.1 Å². The minimum atomic E-state index is -0.394. The standard InChI is InChI=1S/C14H17N3O/c1-10-3-4-11(8-15)7-12(10)17-13(18)14(9-16)5-2-6-14/h3-4,7H,2,5-6,9,16H2,1H3,(H,17,18). The zero-order chi connectivity index (χ0) is 13.2. The monoisotopic (exact) mass is 243 g/mol. The summed E-state index contributed by atoms with van der Waals surface area (Å²) in [5.41, 5.74) is 7.52. The highest BCUT2D eigenvalue weighted by Gasteiger charge is 2.42. The molecule has 0 aliphatic heterocycles. The van der Waals surface area contributed by atoms with Crippen molar-refractivity contribution in [2.24, 2.45) is 11.1 Å². The van der Waals surface area contributed by atoms with Gasteiger partial charge in [-0.1, -0.05) is 12.5 Å². The molecule has 1 amide bonds. The van der Waals surface area contributed by atoms with Crippen molar-refractivity contribution in [2.45, 2.75) is 26.2 Å². The van der Waals surface area contributed by atoms with Gasteiger partial charge < -0.3 is 11.1 Å². The van der Waals surface area contributed by atoms with Crippen molar-refractivity contribution in [3.05, 3.63) is 29.3 Å². The molecule has 3 N–H and O–H groups in total. The molecular weight excluding hydrogens is 226 g/mol. The summed E-state index contributed by atoms with van der Waals surface area (Å²) in [5, 5.41) is 11.8. The first-order valence-electron chi connectivity index (χ1n) is 6.13. The summed E-state index contributed by atoms with van der Waals surface area (Å²) in [6.45, 7) is 2.29. The fourth-order valence-electron chi connectivity index (χ4n) is 2.21. The molecule has 18 heavy (non-hydrogen) atoms. The molecule has 94 valence electrons. The van der Waals surface area contributed by atoms with E-state index < -0.39 is 5.41 Å². The minimum Gasteiger partial charge on any atom is -0.329 e. The lowest BCUT2D eigenvalue weighted by Crippen LogP contribution is -2.47. The summed E-state index contributed by atoms with van der Waals surface area (Å²) in [7, 11) is 0. The number of hydrogen-bond donors (Lipinski definition) is 2. The lowest BCUT2D eigenvalue weighted by atomic mass is 9.68.